The number of aliphatic hydroxyl groups excluding tert-OH is 3. The number of benzene rings is 1. The number of carbonyl (C=O) groups is 3. The number of carbonyl (C=O) groups excluding carboxylic acids is 2. The number of hydrogen-bond donors (Lipinski definition) is 6. The molecule has 11 nitrogen and oxygen atoms in total. The average molecular weight is 958 g/mol. The van der Waals surface area contributed by atoms with Crippen LogP contribution in [-0.2, 0) is 25.5 Å². The Kier molecular flexibility index (Phi) is 38.1. The summed E-state index contributed by atoms with van der Waals surface area (Å²) >= 11 is 0. The van der Waals surface area contributed by atoms with Gasteiger partial charge in [0.15, 0.2) is 6.23 Å². The number of nitrogens with zero attached hydrogens (tertiary/aromatic N) is 1. The van der Waals surface area contributed by atoms with Crippen molar-refractivity contribution in [1.29, 1.82) is 0 Å². The fourth-order valence-electron chi connectivity index (χ4n) is 9.76. The first-order valence-corrected chi connectivity index (χ1v) is 28.4. The van der Waals surface area contributed by atoms with Crippen LogP contribution in [0.15, 0.2) is 30.3 Å². The van der Waals surface area contributed by atoms with Crippen molar-refractivity contribution >= 4 is 17.8 Å². The molecule has 1 saturated heterocycles. The van der Waals surface area contributed by atoms with Gasteiger partial charge in [0, 0.05) is 19.4 Å². The van der Waals surface area contributed by atoms with Gasteiger partial charge >= 0.3 is 5.97 Å². The molecule has 0 radical (unpaired) electrons. The zero-order valence-electron chi connectivity index (χ0n) is 43.5. The predicted octanol–water partition coefficient (Wildman–Crippen LogP) is 12.1. The standard InChI is InChI=1S/C57H103N3O8/c1-3-5-7-9-11-13-15-17-19-21-23-25-27-29-31-39-45-60(51(62)42-36-30-28-26-24-22-20-18-16-14-12-10-8-6-4-2)57-53(55(66)54(65)50(47-61)68-57)59-56(67)49(46-48-40-34-32-35-41-48)58-44-38-33-37-43-52(63)64/h32,34-35,40-41,49-50,53-55,57-58,61,65-66H,3-31,33,36-39,42-47H2,1-2H3,(H,59,67)(H,63,64)/t49-,50+,53-,54+,55+,57+/m0/s1. The molecule has 0 unspecified atom stereocenters. The molecule has 0 saturated carbocycles. The summed E-state index contributed by atoms with van der Waals surface area (Å²) in [4.78, 5) is 41.3. The van der Waals surface area contributed by atoms with Crippen molar-refractivity contribution in [3.05, 3.63) is 35.9 Å². The van der Waals surface area contributed by atoms with Crippen molar-refractivity contribution in [3.63, 3.8) is 0 Å². The van der Waals surface area contributed by atoms with Crippen molar-refractivity contribution in [1.82, 2.24) is 15.5 Å². The van der Waals surface area contributed by atoms with E-state index in [0.29, 0.717) is 45.2 Å². The van der Waals surface area contributed by atoms with E-state index in [-0.39, 0.29) is 12.3 Å². The molecule has 1 heterocycles. The summed E-state index contributed by atoms with van der Waals surface area (Å²) in [7, 11) is 0. The van der Waals surface area contributed by atoms with Crippen LogP contribution in [0.2, 0.25) is 0 Å². The normalized spacial score (nSPS) is 18.7. The second-order valence-corrected chi connectivity index (χ2v) is 20.3. The Morgan fingerprint density at radius 3 is 1.46 bits per heavy atom. The van der Waals surface area contributed by atoms with Gasteiger partial charge in [-0.2, -0.15) is 0 Å². The van der Waals surface area contributed by atoms with Crippen LogP contribution in [0.3, 0.4) is 0 Å². The quantitative estimate of drug-likeness (QED) is 0.0348. The summed E-state index contributed by atoms with van der Waals surface area (Å²) < 4.78 is 6.33. The topological polar surface area (TPSA) is 169 Å². The number of rotatable bonds is 46. The van der Waals surface area contributed by atoms with Crippen LogP contribution in [0.1, 0.15) is 251 Å². The maximum absolute atomic E-state index is 14.3. The SMILES string of the molecule is CCCCCCCCCCCCCCCCCCN(C(=O)CCCCCCCCCCCCCCCCC)[C@@H]1O[C@H](CO)[C@@H](O)[C@H](O)[C@@H]1NC(=O)[C@H](Cc1ccccc1)NCCCCCC(=O)O. The average Bonchev–Trinajstić information content (AvgIpc) is 3.33. The lowest BCUT2D eigenvalue weighted by Gasteiger charge is -2.47. The molecule has 2 rings (SSSR count). The number of ether oxygens (including phenoxy) is 1. The Morgan fingerprint density at radius 1 is 0.574 bits per heavy atom. The lowest BCUT2D eigenvalue weighted by atomic mass is 9.94. The molecule has 0 bridgehead atoms. The number of aliphatic carboxylic acids is 1. The van der Waals surface area contributed by atoms with E-state index in [1.807, 2.05) is 30.3 Å². The fourth-order valence-corrected chi connectivity index (χ4v) is 9.76. The number of carboxylic acid groups (broad SMARTS) is 1. The van der Waals surface area contributed by atoms with Crippen LogP contribution in [0, 0.1) is 0 Å². The molecule has 0 spiro atoms. The molecule has 0 aromatic heterocycles. The van der Waals surface area contributed by atoms with Crippen molar-refractivity contribution in [3.8, 4) is 0 Å². The molecular weight excluding hydrogens is 855 g/mol. The van der Waals surface area contributed by atoms with E-state index < -0.39 is 55.1 Å². The number of aliphatic hydroxyl groups is 3. The van der Waals surface area contributed by atoms with Gasteiger partial charge in [-0.3, -0.25) is 14.4 Å². The minimum atomic E-state index is -1.49. The molecule has 1 aliphatic rings. The fraction of sp³-hybridized carbons (Fsp3) is 0.842. The van der Waals surface area contributed by atoms with Crippen LogP contribution in [0.5, 0.6) is 0 Å². The maximum atomic E-state index is 14.3. The molecule has 2 amide bonds. The lowest BCUT2D eigenvalue weighted by Crippen LogP contribution is -2.70. The molecule has 11 heteroatoms. The lowest BCUT2D eigenvalue weighted by molar-refractivity contribution is -0.231. The first-order valence-electron chi connectivity index (χ1n) is 28.4. The minimum absolute atomic E-state index is 0.0974. The van der Waals surface area contributed by atoms with Crippen LogP contribution >= 0.6 is 0 Å². The summed E-state index contributed by atoms with van der Waals surface area (Å²) in [6.07, 6.45) is 35.9. The van der Waals surface area contributed by atoms with Crippen molar-refractivity contribution < 1.29 is 39.5 Å². The van der Waals surface area contributed by atoms with Crippen LogP contribution < -0.4 is 10.6 Å². The van der Waals surface area contributed by atoms with Crippen molar-refractivity contribution in [2.45, 2.75) is 288 Å². The Hall–Kier alpha value is -2.57. The minimum Gasteiger partial charge on any atom is -0.481 e. The van der Waals surface area contributed by atoms with Gasteiger partial charge in [-0.25, -0.2) is 0 Å². The third kappa shape index (κ3) is 29.6. The van der Waals surface area contributed by atoms with E-state index in [0.717, 1.165) is 56.9 Å². The van der Waals surface area contributed by atoms with E-state index in [9.17, 15) is 29.7 Å². The smallest absolute Gasteiger partial charge is 0.303 e. The highest BCUT2D eigenvalue weighted by molar-refractivity contribution is 5.83. The summed E-state index contributed by atoms with van der Waals surface area (Å²) in [5.74, 6) is -1.33. The zero-order valence-corrected chi connectivity index (χ0v) is 43.5. The largest absolute Gasteiger partial charge is 0.481 e. The van der Waals surface area contributed by atoms with Gasteiger partial charge in [-0.1, -0.05) is 237 Å². The molecule has 6 atom stereocenters. The molecule has 68 heavy (non-hydrogen) atoms. The maximum Gasteiger partial charge on any atom is 0.303 e. The van der Waals surface area contributed by atoms with E-state index in [4.69, 9.17) is 9.84 Å². The second-order valence-electron chi connectivity index (χ2n) is 20.3. The van der Waals surface area contributed by atoms with Gasteiger partial charge in [0.25, 0.3) is 0 Å². The van der Waals surface area contributed by atoms with E-state index in [2.05, 4.69) is 24.5 Å². The number of hydrogen-bond acceptors (Lipinski definition) is 8. The van der Waals surface area contributed by atoms with E-state index in [1.54, 1.807) is 4.90 Å². The number of amides is 2. The highest BCUT2D eigenvalue weighted by Gasteiger charge is 2.48. The van der Waals surface area contributed by atoms with Gasteiger partial charge in [0.2, 0.25) is 11.8 Å². The number of nitrogens with one attached hydrogen (secondary N) is 2. The second kappa shape index (κ2) is 42.1. The van der Waals surface area contributed by atoms with Crippen LogP contribution in [-0.4, -0.2) is 99.4 Å². The van der Waals surface area contributed by atoms with Crippen LogP contribution in [0.4, 0.5) is 0 Å². The molecule has 1 fully saturated rings. The highest BCUT2D eigenvalue weighted by Crippen LogP contribution is 2.27. The Balaban J connectivity index is 2.04. The van der Waals surface area contributed by atoms with E-state index >= 15 is 0 Å². The Labute approximate surface area is 415 Å². The number of carboxylic acids is 1. The predicted molar refractivity (Wildman–Crippen MR) is 279 cm³/mol. The third-order valence-corrected chi connectivity index (χ3v) is 14.1. The molecule has 1 aromatic carbocycles. The monoisotopic (exact) mass is 958 g/mol. The van der Waals surface area contributed by atoms with Crippen LogP contribution in [0.25, 0.3) is 0 Å². The zero-order chi connectivity index (χ0) is 49.3. The first-order chi connectivity index (χ1) is 33.2. The molecule has 1 aromatic rings. The van der Waals surface area contributed by atoms with Gasteiger partial charge < -0.3 is 40.7 Å². The summed E-state index contributed by atoms with van der Waals surface area (Å²) in [6, 6.07) is 7.79. The summed E-state index contributed by atoms with van der Waals surface area (Å²) in [5, 5.41) is 48.5. The number of unbranched alkanes of at least 4 members (excludes halogenated alkanes) is 31. The highest BCUT2D eigenvalue weighted by atomic mass is 16.5. The molecule has 1 aliphatic heterocycles. The van der Waals surface area contributed by atoms with Gasteiger partial charge in [-0.05, 0) is 44.2 Å². The Morgan fingerprint density at radius 2 is 1.00 bits per heavy atom. The molecule has 6 N–H and O–H groups in total. The van der Waals surface area contributed by atoms with Gasteiger partial charge in [-0.15, -0.1) is 0 Å². The third-order valence-electron chi connectivity index (χ3n) is 14.1. The van der Waals surface area contributed by atoms with Crippen molar-refractivity contribution in [2.75, 3.05) is 19.7 Å². The van der Waals surface area contributed by atoms with Gasteiger partial charge in [0.1, 0.15) is 24.4 Å². The summed E-state index contributed by atoms with van der Waals surface area (Å²) in [6.45, 7) is 4.85. The first kappa shape index (κ1) is 61.5. The summed E-state index contributed by atoms with van der Waals surface area (Å²) in [5.41, 5.74) is 0.937. The molecule has 394 valence electrons. The Bertz CT molecular complexity index is 1350. The van der Waals surface area contributed by atoms with Crippen molar-refractivity contribution in [2.24, 2.45) is 0 Å². The van der Waals surface area contributed by atoms with Gasteiger partial charge in [0.05, 0.1) is 12.6 Å². The molecule has 0 aliphatic carbocycles. The van der Waals surface area contributed by atoms with E-state index in [1.165, 1.54) is 148 Å². The molecular formula is C57H103N3O8.